The van der Waals surface area contributed by atoms with Crippen molar-refractivity contribution >= 4 is 23.3 Å². The highest BCUT2D eigenvalue weighted by Gasteiger charge is 2.37. The lowest BCUT2D eigenvalue weighted by atomic mass is 9.80. The molecule has 1 aliphatic rings. The van der Waals surface area contributed by atoms with Crippen LogP contribution in [-0.2, 0) is 4.79 Å². The number of hydrogen-bond donors (Lipinski definition) is 3. The minimum absolute atomic E-state index is 0.00836. The highest BCUT2D eigenvalue weighted by molar-refractivity contribution is 5.92. The molecule has 2 rings (SSSR count). The van der Waals surface area contributed by atoms with Crippen molar-refractivity contribution in [3.8, 4) is 0 Å². The number of piperidine rings is 1. The summed E-state index contributed by atoms with van der Waals surface area (Å²) in [6, 6.07) is 3.60. The van der Waals surface area contributed by atoms with E-state index in [2.05, 4.69) is 10.6 Å². The Bertz CT molecular complexity index is 668. The Morgan fingerprint density at radius 3 is 2.69 bits per heavy atom. The second kappa shape index (κ2) is 8.46. The number of hydrogen-bond acceptors (Lipinski definition) is 4. The van der Waals surface area contributed by atoms with E-state index in [0.29, 0.717) is 25.3 Å². The minimum Gasteiger partial charge on any atom is -0.396 e. The molecule has 1 aromatic carbocycles. The maximum Gasteiger partial charge on any atom is 0.321 e. The number of nitrogens with zero attached hydrogens (tertiary/aromatic N) is 2. The number of aliphatic hydroxyl groups is 1. The molecule has 1 heterocycles. The van der Waals surface area contributed by atoms with Crippen molar-refractivity contribution in [1.82, 2.24) is 9.80 Å². The first kappa shape index (κ1) is 20.1. The lowest BCUT2D eigenvalue weighted by Crippen LogP contribution is -2.52. The predicted molar refractivity (Wildman–Crippen MR) is 98.6 cm³/mol. The number of rotatable bonds is 5. The molecule has 3 amide bonds. The van der Waals surface area contributed by atoms with E-state index in [9.17, 15) is 19.1 Å². The zero-order valence-corrected chi connectivity index (χ0v) is 15.5. The van der Waals surface area contributed by atoms with Crippen LogP contribution >= 0.6 is 0 Å². The topological polar surface area (TPSA) is 84.9 Å². The van der Waals surface area contributed by atoms with Gasteiger partial charge in [0.15, 0.2) is 0 Å². The zero-order chi connectivity index (χ0) is 19.3. The average Bonchev–Trinajstić information content (AvgIpc) is 2.57. The molecule has 26 heavy (non-hydrogen) atoms. The van der Waals surface area contributed by atoms with E-state index in [1.54, 1.807) is 4.90 Å². The summed E-state index contributed by atoms with van der Waals surface area (Å²) in [6.07, 6.45) is 1.61. The summed E-state index contributed by atoms with van der Waals surface area (Å²) in [5, 5.41) is 15.0. The van der Waals surface area contributed by atoms with E-state index < -0.39 is 11.8 Å². The number of amides is 3. The summed E-state index contributed by atoms with van der Waals surface area (Å²) in [5.74, 6) is -0.854. The second-order valence-corrected chi connectivity index (χ2v) is 7.23. The monoisotopic (exact) mass is 366 g/mol. The lowest BCUT2D eigenvalue weighted by molar-refractivity contribution is -0.114. The number of aliphatic hydroxyl groups excluding tert-OH is 1. The molecule has 1 saturated heterocycles. The molecule has 0 saturated carbocycles. The third kappa shape index (κ3) is 5.15. The van der Waals surface area contributed by atoms with Crippen molar-refractivity contribution in [2.45, 2.75) is 19.8 Å². The number of carbonyl (C=O) groups is 2. The van der Waals surface area contributed by atoms with Crippen LogP contribution in [0.25, 0.3) is 0 Å². The number of carbonyl (C=O) groups excluding carboxylic acids is 2. The average molecular weight is 366 g/mol. The van der Waals surface area contributed by atoms with Crippen molar-refractivity contribution in [2.24, 2.45) is 5.41 Å². The molecule has 0 unspecified atom stereocenters. The van der Waals surface area contributed by atoms with E-state index in [1.165, 1.54) is 25.1 Å². The quantitative estimate of drug-likeness (QED) is 0.744. The molecule has 1 aliphatic heterocycles. The van der Waals surface area contributed by atoms with E-state index in [1.807, 2.05) is 19.0 Å². The molecule has 8 heteroatoms. The van der Waals surface area contributed by atoms with Gasteiger partial charge in [0.2, 0.25) is 5.91 Å². The van der Waals surface area contributed by atoms with Gasteiger partial charge in [-0.15, -0.1) is 0 Å². The fourth-order valence-corrected chi connectivity index (χ4v) is 3.46. The van der Waals surface area contributed by atoms with E-state index in [4.69, 9.17) is 0 Å². The van der Waals surface area contributed by atoms with Crippen LogP contribution in [0.15, 0.2) is 18.2 Å². The summed E-state index contributed by atoms with van der Waals surface area (Å²) in [4.78, 5) is 27.4. The normalized spacial score (nSPS) is 20.2. The van der Waals surface area contributed by atoms with Crippen molar-refractivity contribution in [3.05, 3.63) is 24.0 Å². The number of likely N-dealkylation sites (tertiary alicyclic amines) is 1. The number of anilines is 2. The SMILES string of the molecule is CC(=O)Nc1ccc(F)c(NC(=O)N2CCC[C@](CO)(CN(C)C)C2)c1. The van der Waals surface area contributed by atoms with Gasteiger partial charge in [-0.1, -0.05) is 0 Å². The van der Waals surface area contributed by atoms with Crippen molar-refractivity contribution in [2.75, 3.05) is 51.0 Å². The van der Waals surface area contributed by atoms with Gasteiger partial charge < -0.3 is 25.5 Å². The molecular formula is C18H27FN4O3. The van der Waals surface area contributed by atoms with Gasteiger partial charge in [0.25, 0.3) is 0 Å². The van der Waals surface area contributed by atoms with Gasteiger partial charge in [-0.25, -0.2) is 9.18 Å². The molecule has 0 spiro atoms. The smallest absolute Gasteiger partial charge is 0.321 e. The minimum atomic E-state index is -0.578. The van der Waals surface area contributed by atoms with Crippen molar-refractivity contribution < 1.29 is 19.1 Å². The molecule has 7 nitrogen and oxygen atoms in total. The van der Waals surface area contributed by atoms with Crippen LogP contribution in [0.2, 0.25) is 0 Å². The molecule has 0 radical (unpaired) electrons. The lowest BCUT2D eigenvalue weighted by Gasteiger charge is -2.43. The molecule has 144 valence electrons. The molecular weight excluding hydrogens is 339 g/mol. The molecule has 1 atom stereocenters. The van der Waals surface area contributed by atoms with Crippen LogP contribution in [0.3, 0.4) is 0 Å². The van der Waals surface area contributed by atoms with E-state index >= 15 is 0 Å². The first-order chi connectivity index (χ1) is 12.2. The third-order valence-electron chi connectivity index (χ3n) is 4.46. The summed E-state index contributed by atoms with van der Waals surface area (Å²) in [6.45, 7) is 2.96. The van der Waals surface area contributed by atoms with Gasteiger partial charge in [-0.05, 0) is 45.1 Å². The van der Waals surface area contributed by atoms with Crippen LogP contribution < -0.4 is 10.6 Å². The van der Waals surface area contributed by atoms with Crippen LogP contribution in [-0.4, -0.2) is 67.2 Å². The molecule has 0 bridgehead atoms. The Morgan fingerprint density at radius 2 is 2.08 bits per heavy atom. The third-order valence-corrected chi connectivity index (χ3v) is 4.46. The second-order valence-electron chi connectivity index (χ2n) is 7.23. The van der Waals surface area contributed by atoms with Crippen LogP contribution in [0.5, 0.6) is 0 Å². The van der Waals surface area contributed by atoms with Gasteiger partial charge in [0.1, 0.15) is 5.82 Å². The maximum absolute atomic E-state index is 14.0. The number of urea groups is 1. The standard InChI is InChI=1S/C18H27FN4O3/c1-13(25)20-14-5-6-15(19)16(9-14)21-17(26)23-8-4-7-18(11-23,12-24)10-22(2)3/h5-6,9,24H,4,7-8,10-12H2,1-3H3,(H,20,25)(H,21,26)/t18-/m0/s1. The summed E-state index contributed by atoms with van der Waals surface area (Å²) in [5.41, 5.74) is 0.0366. The molecule has 1 fully saturated rings. The Hall–Kier alpha value is -2.19. The highest BCUT2D eigenvalue weighted by atomic mass is 19.1. The largest absolute Gasteiger partial charge is 0.396 e. The number of halogens is 1. The van der Waals surface area contributed by atoms with Crippen molar-refractivity contribution in [1.29, 1.82) is 0 Å². The first-order valence-corrected chi connectivity index (χ1v) is 8.63. The zero-order valence-electron chi connectivity index (χ0n) is 15.5. The fraction of sp³-hybridized carbons (Fsp3) is 0.556. The number of nitrogens with one attached hydrogen (secondary N) is 2. The highest BCUT2D eigenvalue weighted by Crippen LogP contribution is 2.31. The van der Waals surface area contributed by atoms with Crippen LogP contribution in [0.4, 0.5) is 20.6 Å². The maximum atomic E-state index is 14.0. The first-order valence-electron chi connectivity index (χ1n) is 8.63. The van der Waals surface area contributed by atoms with Gasteiger partial charge in [0, 0.05) is 37.7 Å². The molecule has 1 aromatic rings. The summed E-state index contributed by atoms with van der Waals surface area (Å²) >= 11 is 0. The van der Waals surface area contributed by atoms with Crippen molar-refractivity contribution in [3.63, 3.8) is 0 Å². The van der Waals surface area contributed by atoms with Gasteiger partial charge >= 0.3 is 6.03 Å². The Kier molecular flexibility index (Phi) is 6.55. The fourth-order valence-electron chi connectivity index (χ4n) is 3.46. The van der Waals surface area contributed by atoms with Crippen LogP contribution in [0.1, 0.15) is 19.8 Å². The Morgan fingerprint density at radius 1 is 1.35 bits per heavy atom. The van der Waals surface area contributed by atoms with E-state index in [0.717, 1.165) is 12.8 Å². The van der Waals surface area contributed by atoms with Crippen LogP contribution in [0, 0.1) is 11.2 Å². The molecule has 3 N–H and O–H groups in total. The van der Waals surface area contributed by atoms with Gasteiger partial charge in [0.05, 0.1) is 12.3 Å². The molecule has 0 aromatic heterocycles. The summed E-state index contributed by atoms with van der Waals surface area (Å²) in [7, 11) is 3.86. The Labute approximate surface area is 153 Å². The van der Waals surface area contributed by atoms with Gasteiger partial charge in [-0.3, -0.25) is 4.79 Å². The summed E-state index contributed by atoms with van der Waals surface area (Å²) < 4.78 is 14.0. The van der Waals surface area contributed by atoms with Gasteiger partial charge in [-0.2, -0.15) is 0 Å². The Balaban J connectivity index is 2.10. The van der Waals surface area contributed by atoms with E-state index in [-0.39, 0.29) is 23.6 Å². The molecule has 0 aliphatic carbocycles. The number of benzene rings is 1. The predicted octanol–water partition coefficient (Wildman–Crippen LogP) is 1.95.